The van der Waals surface area contributed by atoms with Crippen molar-refractivity contribution in [2.45, 2.75) is 6.10 Å². The molecule has 1 atom stereocenters. The van der Waals surface area contributed by atoms with E-state index in [-0.39, 0.29) is 17.0 Å². The van der Waals surface area contributed by atoms with Crippen molar-refractivity contribution >= 4 is 23.4 Å². The third kappa shape index (κ3) is 2.95. The molecule has 1 aromatic carbocycles. The maximum Gasteiger partial charge on any atom is 0.337 e. The normalized spacial score (nSPS) is 11.9. The number of carboxylic acids is 1. The molecule has 0 bridgehead atoms. The van der Waals surface area contributed by atoms with Crippen molar-refractivity contribution in [2.75, 3.05) is 13.0 Å². The van der Waals surface area contributed by atoms with Gasteiger partial charge in [-0.2, -0.15) is 0 Å². The summed E-state index contributed by atoms with van der Waals surface area (Å²) in [5, 5.41) is 18.2. The highest BCUT2D eigenvalue weighted by Crippen LogP contribution is 2.24. The maximum atomic E-state index is 11.5. The van der Waals surface area contributed by atoms with Crippen LogP contribution in [-0.2, 0) is 4.79 Å². The summed E-state index contributed by atoms with van der Waals surface area (Å²) in [5.74, 6) is -1.81. The fraction of sp³-hybridized carbons (Fsp3) is 0.273. The molecule has 0 aromatic heterocycles. The topological polar surface area (TPSA) is 83.8 Å². The number of alkyl halides is 1. The van der Waals surface area contributed by atoms with Gasteiger partial charge in [-0.25, -0.2) is 4.79 Å². The summed E-state index contributed by atoms with van der Waals surface area (Å²) in [6.45, 7) is 0. The van der Waals surface area contributed by atoms with Gasteiger partial charge in [0.1, 0.15) is 5.75 Å². The summed E-state index contributed by atoms with van der Waals surface area (Å²) in [6.07, 6.45) is -1.76. The number of Topliss-reactive ketones (excluding diaryl/α,β-unsaturated/α-hetero) is 1. The van der Waals surface area contributed by atoms with Gasteiger partial charge in [0.2, 0.25) is 0 Å². The largest absolute Gasteiger partial charge is 0.497 e. The van der Waals surface area contributed by atoms with Crippen LogP contribution in [0.5, 0.6) is 5.75 Å². The Balaban J connectivity index is 3.29. The molecule has 0 aliphatic rings. The first-order chi connectivity index (χ1) is 8.01. The van der Waals surface area contributed by atoms with E-state index in [1.165, 1.54) is 25.3 Å². The molecule has 1 aromatic rings. The van der Waals surface area contributed by atoms with Gasteiger partial charge in [-0.3, -0.25) is 4.79 Å². The van der Waals surface area contributed by atoms with Crippen molar-refractivity contribution < 1.29 is 24.5 Å². The number of ketones is 1. The molecule has 1 rings (SSSR count). The average Bonchev–Trinajstić information content (AvgIpc) is 2.35. The second-order valence-corrected chi connectivity index (χ2v) is 3.52. The number of aliphatic carboxylic acids is 1. The number of ether oxygens (including phenoxy) is 1. The second kappa shape index (κ2) is 5.65. The number of carboxylic acid groups (broad SMARTS) is 1. The number of halogens is 1. The van der Waals surface area contributed by atoms with Crippen LogP contribution in [0.25, 0.3) is 0 Å². The van der Waals surface area contributed by atoms with E-state index in [2.05, 4.69) is 0 Å². The average molecular weight is 259 g/mol. The molecule has 2 N–H and O–H groups in total. The fourth-order valence-electron chi connectivity index (χ4n) is 1.35. The third-order valence-electron chi connectivity index (χ3n) is 2.21. The Hall–Kier alpha value is -1.59. The van der Waals surface area contributed by atoms with E-state index >= 15 is 0 Å². The summed E-state index contributed by atoms with van der Waals surface area (Å²) in [7, 11) is 1.41. The number of carbonyl (C=O) groups excluding carboxylic acids is 1. The molecule has 5 nitrogen and oxygen atoms in total. The quantitative estimate of drug-likeness (QED) is 0.613. The maximum absolute atomic E-state index is 11.5. The molecule has 0 heterocycles. The van der Waals surface area contributed by atoms with Gasteiger partial charge in [0.05, 0.1) is 13.0 Å². The molecule has 0 saturated heterocycles. The minimum atomic E-state index is -1.76. The van der Waals surface area contributed by atoms with Gasteiger partial charge in [-0.05, 0) is 12.1 Å². The van der Waals surface area contributed by atoms with Crippen molar-refractivity contribution in [3.8, 4) is 5.75 Å². The molecule has 0 spiro atoms. The van der Waals surface area contributed by atoms with Gasteiger partial charge in [0.15, 0.2) is 11.9 Å². The van der Waals surface area contributed by atoms with E-state index in [0.717, 1.165) is 0 Å². The van der Waals surface area contributed by atoms with E-state index in [9.17, 15) is 14.7 Å². The molecule has 0 radical (unpaired) electrons. The lowest BCUT2D eigenvalue weighted by Crippen LogP contribution is -2.15. The lowest BCUT2D eigenvalue weighted by atomic mass is 9.99. The van der Waals surface area contributed by atoms with E-state index in [1.54, 1.807) is 0 Å². The van der Waals surface area contributed by atoms with Gasteiger partial charge in [-0.1, -0.05) is 6.07 Å². The first-order valence-corrected chi connectivity index (χ1v) is 5.22. The standard InChI is InChI=1S/C11H11ClO5/c1-17-6-2-3-7(10(14)11(15)16)8(4-6)9(13)5-12/h2-4,10,14H,5H2,1H3,(H,15,16)/t10-/m1/s1. The molecule has 0 aliphatic heterocycles. The molecule has 92 valence electrons. The molecule has 0 saturated carbocycles. The van der Waals surface area contributed by atoms with Crippen LogP contribution in [0.3, 0.4) is 0 Å². The second-order valence-electron chi connectivity index (χ2n) is 3.25. The van der Waals surface area contributed by atoms with Gasteiger partial charge in [0, 0.05) is 11.1 Å². The number of hydrogen-bond donors (Lipinski definition) is 2. The van der Waals surface area contributed by atoms with Crippen LogP contribution in [-0.4, -0.2) is 35.0 Å². The van der Waals surface area contributed by atoms with Crippen molar-refractivity contribution in [2.24, 2.45) is 0 Å². The summed E-state index contributed by atoms with van der Waals surface area (Å²) in [6, 6.07) is 4.15. The van der Waals surface area contributed by atoms with Crippen molar-refractivity contribution in [1.29, 1.82) is 0 Å². The summed E-state index contributed by atoms with van der Waals surface area (Å²) >= 11 is 5.42. The lowest BCUT2D eigenvalue weighted by Gasteiger charge is -2.12. The highest BCUT2D eigenvalue weighted by molar-refractivity contribution is 6.30. The Labute approximate surface area is 103 Å². The van der Waals surface area contributed by atoms with Crippen LogP contribution in [0, 0.1) is 0 Å². The van der Waals surface area contributed by atoms with E-state index < -0.39 is 17.9 Å². The number of hydrogen-bond acceptors (Lipinski definition) is 4. The summed E-state index contributed by atoms with van der Waals surface area (Å²) in [4.78, 5) is 22.2. The predicted molar refractivity (Wildman–Crippen MR) is 60.6 cm³/mol. The van der Waals surface area contributed by atoms with Gasteiger partial charge in [0.25, 0.3) is 0 Å². The van der Waals surface area contributed by atoms with Crippen LogP contribution < -0.4 is 4.74 Å². The summed E-state index contributed by atoms with van der Waals surface area (Å²) in [5.41, 5.74) is 0.0539. The highest BCUT2D eigenvalue weighted by atomic mass is 35.5. The minimum Gasteiger partial charge on any atom is -0.497 e. The molecule has 17 heavy (non-hydrogen) atoms. The monoisotopic (exact) mass is 258 g/mol. The van der Waals surface area contributed by atoms with Crippen LogP contribution in [0.15, 0.2) is 18.2 Å². The van der Waals surface area contributed by atoms with Gasteiger partial charge < -0.3 is 14.9 Å². The number of carbonyl (C=O) groups is 2. The van der Waals surface area contributed by atoms with Crippen molar-refractivity contribution in [1.82, 2.24) is 0 Å². The smallest absolute Gasteiger partial charge is 0.337 e. The molecular weight excluding hydrogens is 248 g/mol. The Morgan fingerprint density at radius 3 is 2.59 bits per heavy atom. The highest BCUT2D eigenvalue weighted by Gasteiger charge is 2.22. The van der Waals surface area contributed by atoms with E-state index in [4.69, 9.17) is 21.4 Å². The minimum absolute atomic E-state index is 0.00366. The molecule has 0 fully saturated rings. The number of aliphatic hydroxyl groups excluding tert-OH is 1. The first-order valence-electron chi connectivity index (χ1n) is 4.69. The third-order valence-corrected chi connectivity index (χ3v) is 2.45. The van der Waals surface area contributed by atoms with E-state index in [1.807, 2.05) is 0 Å². The number of aliphatic hydroxyl groups is 1. The van der Waals surface area contributed by atoms with Crippen LogP contribution in [0.4, 0.5) is 0 Å². The number of rotatable bonds is 5. The van der Waals surface area contributed by atoms with Crippen molar-refractivity contribution in [3.63, 3.8) is 0 Å². The van der Waals surface area contributed by atoms with Gasteiger partial charge >= 0.3 is 5.97 Å². The van der Waals surface area contributed by atoms with Crippen LogP contribution >= 0.6 is 11.6 Å². The SMILES string of the molecule is COc1ccc([C@@H](O)C(=O)O)c(C(=O)CCl)c1. The number of methoxy groups -OCH3 is 1. The van der Waals surface area contributed by atoms with Crippen molar-refractivity contribution in [3.05, 3.63) is 29.3 Å². The first kappa shape index (κ1) is 13.5. The fourth-order valence-corrected chi connectivity index (χ4v) is 1.49. The van der Waals surface area contributed by atoms with E-state index in [0.29, 0.717) is 5.75 Å². The molecule has 6 heteroatoms. The lowest BCUT2D eigenvalue weighted by molar-refractivity contribution is -0.146. The van der Waals surface area contributed by atoms with Crippen LogP contribution in [0.2, 0.25) is 0 Å². The van der Waals surface area contributed by atoms with Gasteiger partial charge in [-0.15, -0.1) is 11.6 Å². The molecule has 0 amide bonds. The Kier molecular flexibility index (Phi) is 4.48. The zero-order valence-electron chi connectivity index (χ0n) is 9.01. The Bertz CT molecular complexity index is 443. The predicted octanol–water partition coefficient (Wildman–Crippen LogP) is 1.23. The zero-order chi connectivity index (χ0) is 13.0. The Morgan fingerprint density at radius 1 is 1.47 bits per heavy atom. The molecular formula is C11H11ClO5. The van der Waals surface area contributed by atoms with Crippen LogP contribution in [0.1, 0.15) is 22.0 Å². The zero-order valence-corrected chi connectivity index (χ0v) is 9.77. The molecule has 0 aliphatic carbocycles. The molecule has 0 unspecified atom stereocenters. The summed E-state index contributed by atoms with van der Waals surface area (Å²) < 4.78 is 4.92. The Morgan fingerprint density at radius 2 is 2.12 bits per heavy atom. The number of benzene rings is 1.